The molecule has 116 valence electrons. The van der Waals surface area contributed by atoms with E-state index in [2.05, 4.69) is 0 Å². The summed E-state index contributed by atoms with van der Waals surface area (Å²) < 4.78 is 10.8. The van der Waals surface area contributed by atoms with Crippen molar-refractivity contribution in [3.8, 4) is 11.5 Å². The molecule has 4 nitrogen and oxygen atoms in total. The van der Waals surface area contributed by atoms with E-state index in [1.807, 2.05) is 26.8 Å². The van der Waals surface area contributed by atoms with Crippen molar-refractivity contribution in [1.29, 1.82) is 0 Å². The van der Waals surface area contributed by atoms with Crippen molar-refractivity contribution in [3.63, 3.8) is 0 Å². The monoisotopic (exact) mass is 300 g/mol. The molecule has 0 aliphatic carbocycles. The second-order valence-corrected chi connectivity index (χ2v) is 6.03. The number of carbonyl (C=O) groups excluding carboxylic acids is 1. The van der Waals surface area contributed by atoms with Crippen LogP contribution in [0.25, 0.3) is 0 Å². The van der Waals surface area contributed by atoms with E-state index in [0.717, 1.165) is 0 Å². The van der Waals surface area contributed by atoms with E-state index < -0.39 is 17.7 Å². The molecule has 0 spiro atoms. The van der Waals surface area contributed by atoms with Crippen LogP contribution >= 0.6 is 0 Å². The lowest BCUT2D eigenvalue weighted by Gasteiger charge is -2.26. The predicted octanol–water partition coefficient (Wildman–Crippen LogP) is 3.65. The van der Waals surface area contributed by atoms with Gasteiger partial charge in [0, 0.05) is 5.41 Å². The van der Waals surface area contributed by atoms with Gasteiger partial charge in [0.1, 0.15) is 17.1 Å². The zero-order valence-corrected chi connectivity index (χ0v) is 12.9. The molecular formula is C18H20O4. The van der Waals surface area contributed by atoms with E-state index in [9.17, 15) is 9.90 Å². The number of hydrogen-bond donors (Lipinski definition) is 1. The zero-order valence-electron chi connectivity index (χ0n) is 12.9. The van der Waals surface area contributed by atoms with Crippen LogP contribution < -0.4 is 9.47 Å². The maximum Gasteiger partial charge on any atom is 0.347 e. The predicted molar refractivity (Wildman–Crippen MR) is 83.9 cm³/mol. The van der Waals surface area contributed by atoms with Crippen molar-refractivity contribution in [1.82, 2.24) is 0 Å². The fourth-order valence-electron chi connectivity index (χ4n) is 1.69. The Bertz CT molecular complexity index is 629. The SMILES string of the molecule is CC(C)(C)C(O)Oc1ccccc1C(=O)Oc1ccccc1. The van der Waals surface area contributed by atoms with Gasteiger partial charge in [-0.05, 0) is 24.3 Å². The summed E-state index contributed by atoms with van der Waals surface area (Å²) in [6, 6.07) is 15.5. The lowest BCUT2D eigenvalue weighted by atomic mass is 9.96. The molecule has 0 saturated carbocycles. The van der Waals surface area contributed by atoms with Crippen LogP contribution in [0.15, 0.2) is 54.6 Å². The fraction of sp³-hybridized carbons (Fsp3) is 0.278. The third-order valence-corrected chi connectivity index (χ3v) is 3.04. The number of benzene rings is 2. The van der Waals surface area contributed by atoms with Gasteiger partial charge in [-0.3, -0.25) is 0 Å². The minimum absolute atomic E-state index is 0.273. The lowest BCUT2D eigenvalue weighted by Crippen LogP contribution is -2.32. The molecule has 0 saturated heterocycles. The number of esters is 1. The molecule has 1 atom stereocenters. The summed E-state index contributed by atoms with van der Waals surface area (Å²) in [5.74, 6) is 0.229. The van der Waals surface area contributed by atoms with Crippen LogP contribution in [-0.2, 0) is 0 Å². The standard InChI is InChI=1S/C18H20O4/c1-18(2,3)17(20)22-15-12-8-7-11-14(15)16(19)21-13-9-5-4-6-10-13/h4-12,17,20H,1-3H3. The van der Waals surface area contributed by atoms with E-state index in [1.54, 1.807) is 48.5 Å². The van der Waals surface area contributed by atoms with Crippen LogP contribution in [0.5, 0.6) is 11.5 Å². The van der Waals surface area contributed by atoms with E-state index in [4.69, 9.17) is 9.47 Å². The molecule has 0 radical (unpaired) electrons. The normalized spacial score (nSPS) is 12.5. The Labute approximate surface area is 130 Å². The molecular weight excluding hydrogens is 280 g/mol. The average molecular weight is 300 g/mol. The number of hydrogen-bond acceptors (Lipinski definition) is 4. The number of carbonyl (C=O) groups is 1. The molecule has 0 heterocycles. The molecule has 1 unspecified atom stereocenters. The summed E-state index contributed by atoms with van der Waals surface area (Å²) in [5.41, 5.74) is -0.189. The average Bonchev–Trinajstić information content (AvgIpc) is 2.47. The Morgan fingerprint density at radius 1 is 1.00 bits per heavy atom. The smallest absolute Gasteiger partial charge is 0.347 e. The number of aliphatic hydroxyl groups is 1. The van der Waals surface area contributed by atoms with E-state index in [-0.39, 0.29) is 5.56 Å². The number of rotatable bonds is 4. The van der Waals surface area contributed by atoms with Crippen molar-refractivity contribution >= 4 is 5.97 Å². The first-order chi connectivity index (χ1) is 10.4. The van der Waals surface area contributed by atoms with Gasteiger partial charge in [-0.1, -0.05) is 51.1 Å². The zero-order chi connectivity index (χ0) is 16.2. The van der Waals surface area contributed by atoms with Crippen LogP contribution in [0.2, 0.25) is 0 Å². The minimum Gasteiger partial charge on any atom is -0.464 e. The first kappa shape index (κ1) is 16.0. The molecule has 0 bridgehead atoms. The molecule has 22 heavy (non-hydrogen) atoms. The van der Waals surface area contributed by atoms with Gasteiger partial charge in [-0.15, -0.1) is 0 Å². The van der Waals surface area contributed by atoms with Crippen molar-refractivity contribution in [2.45, 2.75) is 27.1 Å². The van der Waals surface area contributed by atoms with Gasteiger partial charge in [0.2, 0.25) is 6.29 Å². The van der Waals surface area contributed by atoms with Gasteiger partial charge in [0.15, 0.2) is 0 Å². The Hall–Kier alpha value is -2.33. The second-order valence-electron chi connectivity index (χ2n) is 6.03. The number of ether oxygens (including phenoxy) is 2. The molecule has 0 amide bonds. The molecule has 2 rings (SSSR count). The van der Waals surface area contributed by atoms with Gasteiger partial charge >= 0.3 is 5.97 Å². The summed E-state index contributed by atoms with van der Waals surface area (Å²) in [5, 5.41) is 10.1. The highest BCUT2D eigenvalue weighted by Crippen LogP contribution is 2.26. The number of aliphatic hydroxyl groups excluding tert-OH is 1. The summed E-state index contributed by atoms with van der Waals surface area (Å²) in [6.07, 6.45) is -1.03. The third kappa shape index (κ3) is 4.09. The first-order valence-corrected chi connectivity index (χ1v) is 7.09. The number of para-hydroxylation sites is 2. The van der Waals surface area contributed by atoms with Crippen LogP contribution in [0, 0.1) is 5.41 Å². The molecule has 0 aliphatic rings. The lowest BCUT2D eigenvalue weighted by molar-refractivity contribution is -0.0934. The third-order valence-electron chi connectivity index (χ3n) is 3.04. The van der Waals surface area contributed by atoms with Gasteiger partial charge < -0.3 is 14.6 Å². The summed E-state index contributed by atoms with van der Waals surface area (Å²) >= 11 is 0. The van der Waals surface area contributed by atoms with E-state index >= 15 is 0 Å². The molecule has 0 aliphatic heterocycles. The van der Waals surface area contributed by atoms with Crippen LogP contribution in [0.3, 0.4) is 0 Å². The quantitative estimate of drug-likeness (QED) is 0.532. The van der Waals surface area contributed by atoms with Gasteiger partial charge in [-0.2, -0.15) is 0 Å². The Morgan fingerprint density at radius 2 is 1.59 bits per heavy atom. The molecule has 0 aromatic heterocycles. The Morgan fingerprint density at radius 3 is 2.23 bits per heavy atom. The maximum atomic E-state index is 12.3. The molecule has 1 N–H and O–H groups in total. The highest BCUT2D eigenvalue weighted by Gasteiger charge is 2.26. The summed E-state index contributed by atoms with van der Waals surface area (Å²) in [6.45, 7) is 5.55. The van der Waals surface area contributed by atoms with Crippen molar-refractivity contribution in [2.75, 3.05) is 0 Å². The van der Waals surface area contributed by atoms with Crippen LogP contribution in [0.4, 0.5) is 0 Å². The van der Waals surface area contributed by atoms with Crippen molar-refractivity contribution in [2.24, 2.45) is 5.41 Å². The van der Waals surface area contributed by atoms with E-state index in [1.165, 1.54) is 0 Å². The fourth-order valence-corrected chi connectivity index (χ4v) is 1.69. The van der Waals surface area contributed by atoms with Crippen molar-refractivity contribution < 1.29 is 19.4 Å². The largest absolute Gasteiger partial charge is 0.464 e. The van der Waals surface area contributed by atoms with Crippen molar-refractivity contribution in [3.05, 3.63) is 60.2 Å². The van der Waals surface area contributed by atoms with Gasteiger partial charge in [-0.25, -0.2) is 4.79 Å². The topological polar surface area (TPSA) is 55.8 Å². The second kappa shape index (κ2) is 6.62. The Balaban J connectivity index is 2.19. The summed E-state index contributed by atoms with van der Waals surface area (Å²) in [4.78, 5) is 12.3. The van der Waals surface area contributed by atoms with Gasteiger partial charge in [0.25, 0.3) is 0 Å². The first-order valence-electron chi connectivity index (χ1n) is 7.09. The highest BCUT2D eigenvalue weighted by molar-refractivity contribution is 5.93. The minimum atomic E-state index is -1.03. The molecule has 2 aromatic rings. The van der Waals surface area contributed by atoms with Crippen LogP contribution in [0.1, 0.15) is 31.1 Å². The Kier molecular flexibility index (Phi) is 4.83. The molecule has 0 fully saturated rings. The molecule has 2 aromatic carbocycles. The van der Waals surface area contributed by atoms with Gasteiger partial charge in [0.05, 0.1) is 0 Å². The highest BCUT2D eigenvalue weighted by atomic mass is 16.6. The van der Waals surface area contributed by atoms with Crippen LogP contribution in [-0.4, -0.2) is 17.4 Å². The summed E-state index contributed by atoms with van der Waals surface area (Å²) in [7, 11) is 0. The van der Waals surface area contributed by atoms with E-state index in [0.29, 0.717) is 11.5 Å². The maximum absolute atomic E-state index is 12.3. The molecule has 4 heteroatoms.